The second-order valence-electron chi connectivity index (χ2n) is 7.08. The van der Waals surface area contributed by atoms with Crippen LogP contribution in [0.4, 0.5) is 0 Å². The number of hydrogen-bond donors (Lipinski definition) is 1. The second kappa shape index (κ2) is 9.03. The lowest BCUT2D eigenvalue weighted by atomic mass is 10.1. The number of benzene rings is 1. The third-order valence-electron chi connectivity index (χ3n) is 5.04. The molecule has 0 radical (unpaired) electrons. The quantitative estimate of drug-likeness (QED) is 0.641. The molecule has 1 aromatic carbocycles. The van der Waals surface area contributed by atoms with E-state index in [0.717, 1.165) is 43.9 Å². The molecule has 0 bridgehead atoms. The van der Waals surface area contributed by atoms with Crippen LogP contribution in [-0.4, -0.2) is 52.5 Å². The molecule has 0 atom stereocenters. The average molecular weight is 433 g/mol. The Balaban J connectivity index is 1.20. The first-order valence-electron chi connectivity index (χ1n) is 9.64. The minimum absolute atomic E-state index is 0.147. The first-order valence-corrected chi connectivity index (χ1v) is 10.4. The maximum Gasteiger partial charge on any atom is 0.271 e. The molecular formula is C21H22Cl2N4O2. The molecule has 0 saturated carbocycles. The van der Waals surface area contributed by atoms with Crippen molar-refractivity contribution in [2.24, 2.45) is 0 Å². The van der Waals surface area contributed by atoms with Gasteiger partial charge in [-0.2, -0.15) is 0 Å². The minimum atomic E-state index is -0.147. The lowest BCUT2D eigenvalue weighted by molar-refractivity contribution is 0.0902. The van der Waals surface area contributed by atoms with Gasteiger partial charge in [-0.25, -0.2) is 4.98 Å². The van der Waals surface area contributed by atoms with Crippen LogP contribution in [-0.2, 0) is 0 Å². The summed E-state index contributed by atoms with van der Waals surface area (Å²) in [7, 11) is 0. The SMILES string of the molecule is O=C(NCCN1CCC(Oc2ccc(Cl)c(Cl)c2)CC1)c1cn2ccccc2n1. The van der Waals surface area contributed by atoms with Crippen LogP contribution < -0.4 is 10.1 Å². The molecule has 3 heterocycles. The summed E-state index contributed by atoms with van der Waals surface area (Å²) in [4.78, 5) is 19.0. The number of halogens is 2. The van der Waals surface area contributed by atoms with E-state index in [2.05, 4.69) is 15.2 Å². The standard InChI is InChI=1S/C21H22Cl2N4O2/c22-17-5-4-16(13-18(17)23)29-15-6-10-26(11-7-15)12-8-24-21(28)19-14-27-9-2-1-3-20(27)25-19/h1-5,9,13-15H,6-8,10-12H2,(H,24,28). The lowest BCUT2D eigenvalue weighted by Gasteiger charge is -2.32. The van der Waals surface area contributed by atoms with Crippen LogP contribution in [0.5, 0.6) is 5.75 Å². The van der Waals surface area contributed by atoms with Gasteiger partial charge in [0.25, 0.3) is 5.91 Å². The number of likely N-dealkylation sites (tertiary alicyclic amines) is 1. The molecule has 3 aromatic rings. The summed E-state index contributed by atoms with van der Waals surface area (Å²) in [5.41, 5.74) is 1.20. The van der Waals surface area contributed by atoms with E-state index in [9.17, 15) is 4.79 Å². The first-order chi connectivity index (χ1) is 14.1. The number of ether oxygens (including phenoxy) is 1. The van der Waals surface area contributed by atoms with Gasteiger partial charge in [-0.15, -0.1) is 0 Å². The normalized spacial score (nSPS) is 15.5. The Hall–Kier alpha value is -2.28. The maximum absolute atomic E-state index is 12.3. The molecule has 0 unspecified atom stereocenters. The second-order valence-corrected chi connectivity index (χ2v) is 7.90. The Morgan fingerprint density at radius 2 is 2.00 bits per heavy atom. The molecule has 1 amide bonds. The predicted molar refractivity (Wildman–Crippen MR) is 114 cm³/mol. The largest absolute Gasteiger partial charge is 0.490 e. The number of fused-ring (bicyclic) bond motifs is 1. The summed E-state index contributed by atoms with van der Waals surface area (Å²) >= 11 is 12.0. The first kappa shape index (κ1) is 20.0. The van der Waals surface area contributed by atoms with Crippen LogP contribution in [0.3, 0.4) is 0 Å². The maximum atomic E-state index is 12.3. The van der Waals surface area contributed by atoms with Gasteiger partial charge in [0.2, 0.25) is 0 Å². The van der Waals surface area contributed by atoms with Crippen molar-refractivity contribution < 1.29 is 9.53 Å². The van der Waals surface area contributed by atoms with E-state index in [1.807, 2.05) is 34.9 Å². The highest BCUT2D eigenvalue weighted by Crippen LogP contribution is 2.28. The minimum Gasteiger partial charge on any atom is -0.490 e. The summed E-state index contributed by atoms with van der Waals surface area (Å²) in [5, 5.41) is 3.98. The van der Waals surface area contributed by atoms with E-state index in [1.165, 1.54) is 0 Å². The fraction of sp³-hybridized carbons (Fsp3) is 0.333. The Bertz CT molecular complexity index is 966. The highest BCUT2D eigenvalue weighted by atomic mass is 35.5. The number of carbonyl (C=O) groups is 1. The number of carbonyl (C=O) groups excluding carboxylic acids is 1. The van der Waals surface area contributed by atoms with E-state index in [4.69, 9.17) is 27.9 Å². The highest BCUT2D eigenvalue weighted by Gasteiger charge is 2.21. The number of amides is 1. The Labute approximate surface area is 179 Å². The number of nitrogens with one attached hydrogen (secondary N) is 1. The van der Waals surface area contributed by atoms with E-state index in [1.54, 1.807) is 18.3 Å². The van der Waals surface area contributed by atoms with Crippen molar-refractivity contribution in [3.8, 4) is 5.75 Å². The van der Waals surface area contributed by atoms with E-state index < -0.39 is 0 Å². The molecule has 4 rings (SSSR count). The summed E-state index contributed by atoms with van der Waals surface area (Å²) < 4.78 is 7.86. The Morgan fingerprint density at radius 3 is 2.76 bits per heavy atom. The third kappa shape index (κ3) is 5.01. The van der Waals surface area contributed by atoms with E-state index >= 15 is 0 Å². The number of piperidine rings is 1. The van der Waals surface area contributed by atoms with Crippen molar-refractivity contribution in [1.29, 1.82) is 0 Å². The van der Waals surface area contributed by atoms with Gasteiger partial charge in [0.1, 0.15) is 23.2 Å². The predicted octanol–water partition coefficient (Wildman–Crippen LogP) is 3.91. The summed E-state index contributed by atoms with van der Waals surface area (Å²) in [6.07, 6.45) is 5.65. The van der Waals surface area contributed by atoms with Crippen molar-refractivity contribution in [1.82, 2.24) is 19.6 Å². The average Bonchev–Trinajstić information content (AvgIpc) is 3.16. The van der Waals surface area contributed by atoms with Crippen LogP contribution in [0.25, 0.3) is 5.65 Å². The summed E-state index contributed by atoms with van der Waals surface area (Å²) in [6, 6.07) is 11.0. The van der Waals surface area contributed by atoms with Gasteiger partial charge in [-0.3, -0.25) is 4.79 Å². The van der Waals surface area contributed by atoms with Gasteiger partial charge >= 0.3 is 0 Å². The van der Waals surface area contributed by atoms with Crippen LogP contribution in [0, 0.1) is 0 Å². The fourth-order valence-corrected chi connectivity index (χ4v) is 3.74. The van der Waals surface area contributed by atoms with Crippen molar-refractivity contribution >= 4 is 34.8 Å². The number of imidazole rings is 1. The van der Waals surface area contributed by atoms with E-state index in [0.29, 0.717) is 22.3 Å². The molecule has 0 aliphatic carbocycles. The van der Waals surface area contributed by atoms with Crippen molar-refractivity contribution in [3.05, 3.63) is 64.5 Å². The molecule has 1 saturated heterocycles. The number of rotatable bonds is 6. The molecular weight excluding hydrogens is 411 g/mol. The lowest BCUT2D eigenvalue weighted by Crippen LogP contribution is -2.42. The third-order valence-corrected chi connectivity index (χ3v) is 5.78. The molecule has 2 aromatic heterocycles. The summed E-state index contributed by atoms with van der Waals surface area (Å²) in [5.74, 6) is 0.601. The molecule has 1 aliphatic heterocycles. The summed E-state index contributed by atoms with van der Waals surface area (Å²) in [6.45, 7) is 3.25. The molecule has 8 heteroatoms. The van der Waals surface area contributed by atoms with Crippen molar-refractivity contribution in [2.75, 3.05) is 26.2 Å². The zero-order chi connectivity index (χ0) is 20.2. The van der Waals surface area contributed by atoms with Crippen LogP contribution in [0.1, 0.15) is 23.3 Å². The van der Waals surface area contributed by atoms with E-state index in [-0.39, 0.29) is 12.0 Å². The Morgan fingerprint density at radius 1 is 1.17 bits per heavy atom. The Kier molecular flexibility index (Phi) is 6.23. The number of nitrogens with zero attached hydrogens (tertiary/aromatic N) is 3. The molecule has 152 valence electrons. The molecule has 1 aliphatic rings. The van der Waals surface area contributed by atoms with Crippen molar-refractivity contribution in [2.45, 2.75) is 18.9 Å². The topological polar surface area (TPSA) is 58.9 Å². The van der Waals surface area contributed by atoms with Crippen LogP contribution >= 0.6 is 23.2 Å². The smallest absolute Gasteiger partial charge is 0.271 e. The van der Waals surface area contributed by atoms with Crippen LogP contribution in [0.15, 0.2) is 48.8 Å². The monoisotopic (exact) mass is 432 g/mol. The van der Waals surface area contributed by atoms with Gasteiger partial charge in [0, 0.05) is 44.6 Å². The van der Waals surface area contributed by atoms with Gasteiger partial charge in [-0.1, -0.05) is 29.3 Å². The van der Waals surface area contributed by atoms with Gasteiger partial charge in [0.05, 0.1) is 10.0 Å². The molecule has 6 nitrogen and oxygen atoms in total. The number of pyridine rings is 1. The molecule has 1 fully saturated rings. The fourth-order valence-electron chi connectivity index (χ4n) is 3.46. The number of aromatic nitrogens is 2. The van der Waals surface area contributed by atoms with Crippen LogP contribution in [0.2, 0.25) is 10.0 Å². The zero-order valence-electron chi connectivity index (χ0n) is 15.9. The van der Waals surface area contributed by atoms with Gasteiger partial charge in [-0.05, 0) is 37.1 Å². The van der Waals surface area contributed by atoms with Gasteiger partial charge < -0.3 is 19.4 Å². The number of hydrogen-bond acceptors (Lipinski definition) is 4. The molecule has 29 heavy (non-hydrogen) atoms. The van der Waals surface area contributed by atoms with Crippen molar-refractivity contribution in [3.63, 3.8) is 0 Å². The van der Waals surface area contributed by atoms with Gasteiger partial charge in [0.15, 0.2) is 0 Å². The zero-order valence-corrected chi connectivity index (χ0v) is 17.4. The highest BCUT2D eigenvalue weighted by molar-refractivity contribution is 6.42. The molecule has 1 N–H and O–H groups in total. The molecule has 0 spiro atoms.